The predicted octanol–water partition coefficient (Wildman–Crippen LogP) is 2.48. The Morgan fingerprint density at radius 2 is 2.12 bits per heavy atom. The molecule has 0 spiro atoms. The molecular formula is C24H27FN6O3. The van der Waals surface area contributed by atoms with Crippen LogP contribution in [0.1, 0.15) is 24.2 Å². The number of aromatic nitrogens is 3. The Balaban J connectivity index is 1.59. The molecule has 4 rings (SSSR count). The van der Waals surface area contributed by atoms with Gasteiger partial charge in [0.1, 0.15) is 6.10 Å². The summed E-state index contributed by atoms with van der Waals surface area (Å²) < 4.78 is 27.4. The highest BCUT2D eigenvalue weighted by atomic mass is 19.1. The molecule has 0 amide bonds. The Morgan fingerprint density at radius 3 is 2.82 bits per heavy atom. The van der Waals surface area contributed by atoms with E-state index in [4.69, 9.17) is 9.47 Å². The van der Waals surface area contributed by atoms with Crippen molar-refractivity contribution in [1.82, 2.24) is 20.0 Å². The Hall–Kier alpha value is -3.79. The van der Waals surface area contributed by atoms with Gasteiger partial charge in [0.05, 0.1) is 31.6 Å². The molecule has 10 heteroatoms. The van der Waals surface area contributed by atoms with Gasteiger partial charge in [-0.2, -0.15) is 0 Å². The highest BCUT2D eigenvalue weighted by Crippen LogP contribution is 2.27. The highest BCUT2D eigenvalue weighted by Gasteiger charge is 2.25. The number of hydrogen-bond acceptors (Lipinski definition) is 8. The van der Waals surface area contributed by atoms with Crippen LogP contribution in [0.2, 0.25) is 0 Å². The van der Waals surface area contributed by atoms with E-state index >= 15 is 0 Å². The third kappa shape index (κ3) is 4.91. The lowest BCUT2D eigenvalue weighted by Gasteiger charge is -2.34. The molecule has 0 aliphatic carbocycles. The maximum atomic E-state index is 14.3. The Morgan fingerprint density at radius 1 is 1.32 bits per heavy atom. The smallest absolute Gasteiger partial charge is 0.255 e. The molecule has 0 radical (unpaired) electrons. The van der Waals surface area contributed by atoms with Gasteiger partial charge in [-0.15, -0.1) is 5.10 Å². The summed E-state index contributed by atoms with van der Waals surface area (Å²) in [6.07, 6.45) is 2.36. The van der Waals surface area contributed by atoms with E-state index in [1.54, 1.807) is 14.1 Å². The topological polar surface area (TPSA) is 93.9 Å². The molecule has 1 N–H and O–H groups in total. The largest absolute Gasteiger partial charge is 0.477 e. The van der Waals surface area contributed by atoms with Crippen LogP contribution < -0.4 is 15.9 Å². The molecule has 2 aromatic heterocycles. The predicted molar refractivity (Wildman–Crippen MR) is 127 cm³/mol. The first-order valence-electron chi connectivity index (χ1n) is 11.0. The van der Waals surface area contributed by atoms with Crippen molar-refractivity contribution in [3.05, 3.63) is 76.1 Å². The summed E-state index contributed by atoms with van der Waals surface area (Å²) in [5.41, 5.74) is 4.83. The minimum Gasteiger partial charge on any atom is -0.477 e. The quantitative estimate of drug-likeness (QED) is 0.339. The van der Waals surface area contributed by atoms with Crippen molar-refractivity contribution in [3.63, 3.8) is 0 Å². The molecule has 1 aromatic carbocycles. The molecule has 1 saturated heterocycles. The summed E-state index contributed by atoms with van der Waals surface area (Å²) >= 11 is 0. The second-order valence-corrected chi connectivity index (χ2v) is 7.70. The van der Waals surface area contributed by atoms with Gasteiger partial charge in [0.15, 0.2) is 5.82 Å². The molecule has 1 fully saturated rings. The fraction of sp³-hybridized carbons (Fsp3) is 0.333. The van der Waals surface area contributed by atoms with Crippen LogP contribution in [0, 0.1) is 5.82 Å². The van der Waals surface area contributed by atoms with Crippen molar-refractivity contribution in [1.29, 1.82) is 0 Å². The van der Waals surface area contributed by atoms with Crippen LogP contribution in [-0.2, 0) is 16.5 Å². The Labute approximate surface area is 196 Å². The summed E-state index contributed by atoms with van der Waals surface area (Å²) in [5, 5.41) is 4.17. The van der Waals surface area contributed by atoms with Crippen molar-refractivity contribution in [2.75, 3.05) is 38.3 Å². The molecule has 34 heavy (non-hydrogen) atoms. The first-order valence-corrected chi connectivity index (χ1v) is 11.0. The second kappa shape index (κ2) is 10.4. The lowest BCUT2D eigenvalue weighted by Crippen LogP contribution is -2.41. The van der Waals surface area contributed by atoms with Crippen LogP contribution in [0.4, 0.5) is 10.3 Å². The zero-order chi connectivity index (χ0) is 24.1. The summed E-state index contributed by atoms with van der Waals surface area (Å²) in [4.78, 5) is 23.0. The number of morpholine rings is 1. The molecule has 1 aliphatic heterocycles. The van der Waals surface area contributed by atoms with Gasteiger partial charge in [0, 0.05) is 44.0 Å². The van der Waals surface area contributed by atoms with Crippen molar-refractivity contribution in [2.45, 2.75) is 13.0 Å². The normalized spacial score (nSPS) is 16.4. The molecule has 9 nitrogen and oxygen atoms in total. The fourth-order valence-electron chi connectivity index (χ4n) is 3.82. The van der Waals surface area contributed by atoms with Crippen molar-refractivity contribution >= 4 is 11.8 Å². The van der Waals surface area contributed by atoms with Crippen molar-refractivity contribution in [3.8, 4) is 11.3 Å². The average Bonchev–Trinajstić information content (AvgIpc) is 2.86. The van der Waals surface area contributed by atoms with E-state index in [-0.39, 0.29) is 22.9 Å². The van der Waals surface area contributed by atoms with E-state index in [9.17, 15) is 9.18 Å². The van der Waals surface area contributed by atoms with E-state index < -0.39 is 5.82 Å². The van der Waals surface area contributed by atoms with Gasteiger partial charge in [-0.1, -0.05) is 12.1 Å². The summed E-state index contributed by atoms with van der Waals surface area (Å²) in [6, 6.07) is 10.7. The average molecular weight is 467 g/mol. The van der Waals surface area contributed by atoms with E-state index in [0.29, 0.717) is 38.1 Å². The summed E-state index contributed by atoms with van der Waals surface area (Å²) in [6.45, 7) is 3.92. The molecule has 1 aliphatic rings. The standard InChI is InChI=1S/C24H27FN6O3/c1-4-33-23(29-26-2)17-7-5-16(6-8-17)21-15-31(11-12-34-21)24-28-20(13-22(32)30(24)3)18-9-10-27-14-19(18)25/h5-10,13-14,21,26H,4,11-12,15H2,1-3H3/b29-23-/t21-/m1/s1. The van der Waals surface area contributed by atoms with Gasteiger partial charge in [-0.25, -0.2) is 9.37 Å². The van der Waals surface area contributed by atoms with Crippen molar-refractivity contribution in [2.24, 2.45) is 12.1 Å². The Bertz CT molecular complexity index is 1230. The van der Waals surface area contributed by atoms with Crippen LogP contribution in [0.5, 0.6) is 0 Å². The highest BCUT2D eigenvalue weighted by molar-refractivity contribution is 5.94. The number of pyridine rings is 1. The molecule has 1 atom stereocenters. The number of ether oxygens (including phenoxy) is 2. The zero-order valence-corrected chi connectivity index (χ0v) is 19.4. The van der Waals surface area contributed by atoms with Gasteiger partial charge in [0.25, 0.3) is 5.56 Å². The molecule has 3 aromatic rings. The first kappa shape index (κ1) is 23.4. The van der Waals surface area contributed by atoms with E-state index in [1.807, 2.05) is 36.1 Å². The number of nitrogens with one attached hydrogen (secondary N) is 1. The second-order valence-electron chi connectivity index (χ2n) is 7.70. The molecule has 0 saturated carbocycles. The molecular weight excluding hydrogens is 439 g/mol. The third-order valence-electron chi connectivity index (χ3n) is 5.53. The molecule has 178 valence electrons. The van der Waals surface area contributed by atoms with Crippen LogP contribution in [0.3, 0.4) is 0 Å². The lowest BCUT2D eigenvalue weighted by atomic mass is 10.1. The van der Waals surface area contributed by atoms with E-state index in [2.05, 4.69) is 20.5 Å². The minimum atomic E-state index is -0.526. The third-order valence-corrected chi connectivity index (χ3v) is 5.53. The van der Waals surface area contributed by atoms with Gasteiger partial charge in [0.2, 0.25) is 11.8 Å². The van der Waals surface area contributed by atoms with Crippen LogP contribution in [-0.4, -0.2) is 53.8 Å². The maximum absolute atomic E-state index is 14.3. The molecule has 0 bridgehead atoms. The Kier molecular flexibility index (Phi) is 7.17. The summed E-state index contributed by atoms with van der Waals surface area (Å²) in [5.74, 6) is 0.452. The van der Waals surface area contributed by atoms with Crippen LogP contribution >= 0.6 is 0 Å². The number of halogens is 1. The van der Waals surface area contributed by atoms with Gasteiger partial charge in [-0.3, -0.25) is 14.3 Å². The number of hydrogen-bond donors (Lipinski definition) is 1. The van der Waals surface area contributed by atoms with E-state index in [0.717, 1.165) is 17.3 Å². The van der Waals surface area contributed by atoms with Gasteiger partial charge < -0.3 is 19.8 Å². The SMILES string of the molecule is CCO/C(=N\NC)c1ccc([C@H]2CN(c3nc(-c4ccncc4F)cc(=O)n3C)CCO2)cc1. The van der Waals surface area contributed by atoms with Crippen molar-refractivity contribution < 1.29 is 13.9 Å². The monoisotopic (exact) mass is 466 g/mol. The van der Waals surface area contributed by atoms with Gasteiger partial charge >= 0.3 is 0 Å². The number of benzene rings is 1. The lowest BCUT2D eigenvalue weighted by molar-refractivity contribution is 0.0390. The minimum absolute atomic E-state index is 0.224. The molecule has 0 unspecified atom stereocenters. The van der Waals surface area contributed by atoms with E-state index in [1.165, 1.54) is 22.9 Å². The molecule has 3 heterocycles. The number of rotatable bonds is 6. The fourth-order valence-corrected chi connectivity index (χ4v) is 3.82. The number of nitrogens with zero attached hydrogens (tertiary/aromatic N) is 5. The first-order chi connectivity index (χ1) is 16.5. The van der Waals surface area contributed by atoms with Crippen LogP contribution in [0.25, 0.3) is 11.3 Å². The number of hydrazone groups is 1. The maximum Gasteiger partial charge on any atom is 0.255 e. The zero-order valence-electron chi connectivity index (χ0n) is 19.4. The van der Waals surface area contributed by atoms with Gasteiger partial charge in [-0.05, 0) is 30.7 Å². The number of anilines is 1. The van der Waals surface area contributed by atoms with Crippen LogP contribution in [0.15, 0.2) is 58.7 Å². The summed E-state index contributed by atoms with van der Waals surface area (Å²) in [7, 11) is 3.38.